The Labute approximate surface area is 138 Å². The average Bonchev–Trinajstić information content (AvgIpc) is 3.22. The molecule has 0 bridgehead atoms. The monoisotopic (exact) mass is 308 g/mol. The summed E-state index contributed by atoms with van der Waals surface area (Å²) in [7, 11) is 0. The second kappa shape index (κ2) is 10.6. The van der Waals surface area contributed by atoms with Gasteiger partial charge in [-0.25, -0.2) is 0 Å². The summed E-state index contributed by atoms with van der Waals surface area (Å²) >= 11 is 0. The van der Waals surface area contributed by atoms with Gasteiger partial charge in [0.05, 0.1) is 0 Å². The van der Waals surface area contributed by atoms with Gasteiger partial charge >= 0.3 is 0 Å². The van der Waals surface area contributed by atoms with Crippen molar-refractivity contribution in [3.63, 3.8) is 0 Å². The van der Waals surface area contributed by atoms with E-state index in [0.717, 1.165) is 11.8 Å². The van der Waals surface area contributed by atoms with Crippen molar-refractivity contribution in [2.45, 2.75) is 115 Å². The molecule has 2 atom stereocenters. The van der Waals surface area contributed by atoms with Crippen molar-refractivity contribution in [1.82, 2.24) is 0 Å². The van der Waals surface area contributed by atoms with Gasteiger partial charge in [0, 0.05) is 12.1 Å². The third-order valence-corrected chi connectivity index (χ3v) is 6.34. The molecular weight excluding hydrogens is 268 g/mol. The maximum Gasteiger partial charge on any atom is 0.00671 e. The van der Waals surface area contributed by atoms with E-state index in [2.05, 4.69) is 0 Å². The van der Waals surface area contributed by atoms with Crippen LogP contribution < -0.4 is 11.5 Å². The zero-order valence-electron chi connectivity index (χ0n) is 14.8. The number of hydrogen-bond acceptors (Lipinski definition) is 2. The lowest BCUT2D eigenvalue weighted by atomic mass is 9.93. The molecule has 0 aromatic rings. The van der Waals surface area contributed by atoms with Crippen LogP contribution in [0.2, 0.25) is 0 Å². The van der Waals surface area contributed by atoms with Crippen LogP contribution in [0.15, 0.2) is 0 Å². The van der Waals surface area contributed by atoms with E-state index in [-0.39, 0.29) is 0 Å². The first-order chi connectivity index (χ1) is 10.8. The van der Waals surface area contributed by atoms with Crippen molar-refractivity contribution in [1.29, 1.82) is 0 Å². The first-order valence-electron chi connectivity index (χ1n) is 10.3. The van der Waals surface area contributed by atoms with Crippen LogP contribution in [-0.4, -0.2) is 12.1 Å². The third-order valence-electron chi connectivity index (χ3n) is 6.34. The number of nitrogens with two attached hydrogens (primary N) is 2. The summed E-state index contributed by atoms with van der Waals surface area (Å²) in [5, 5.41) is 0. The van der Waals surface area contributed by atoms with Crippen LogP contribution >= 0.6 is 0 Å². The topological polar surface area (TPSA) is 52.0 Å². The molecule has 0 aromatic heterocycles. The van der Waals surface area contributed by atoms with E-state index < -0.39 is 0 Å². The van der Waals surface area contributed by atoms with E-state index in [9.17, 15) is 0 Å². The summed E-state index contributed by atoms with van der Waals surface area (Å²) < 4.78 is 0. The predicted molar refractivity (Wildman–Crippen MR) is 96.8 cm³/mol. The molecule has 0 saturated heterocycles. The standard InChI is InChI=1S/C20H40N2/c21-19(17-11-7-8-12-17)15-5-3-1-2-4-6-16-20(22)18-13-9-10-14-18/h17-20H,1-16,21-22H2. The van der Waals surface area contributed by atoms with Crippen molar-refractivity contribution in [3.8, 4) is 0 Å². The molecule has 22 heavy (non-hydrogen) atoms. The lowest BCUT2D eigenvalue weighted by molar-refractivity contribution is 0.387. The highest BCUT2D eigenvalue weighted by atomic mass is 14.7. The van der Waals surface area contributed by atoms with E-state index in [1.54, 1.807) is 0 Å². The van der Waals surface area contributed by atoms with Gasteiger partial charge in [0.25, 0.3) is 0 Å². The second-order valence-corrected chi connectivity index (χ2v) is 8.12. The van der Waals surface area contributed by atoms with Crippen molar-refractivity contribution in [2.24, 2.45) is 23.3 Å². The molecule has 2 unspecified atom stereocenters. The van der Waals surface area contributed by atoms with Gasteiger partial charge in [0.15, 0.2) is 0 Å². The van der Waals surface area contributed by atoms with Crippen LogP contribution in [0.1, 0.15) is 103 Å². The lowest BCUT2D eigenvalue weighted by Crippen LogP contribution is -2.28. The fourth-order valence-corrected chi connectivity index (χ4v) is 4.71. The second-order valence-electron chi connectivity index (χ2n) is 8.12. The van der Waals surface area contributed by atoms with Gasteiger partial charge in [-0.15, -0.1) is 0 Å². The van der Waals surface area contributed by atoms with Gasteiger partial charge < -0.3 is 11.5 Å². The van der Waals surface area contributed by atoms with E-state index in [1.807, 2.05) is 0 Å². The Hall–Kier alpha value is -0.0800. The minimum Gasteiger partial charge on any atom is -0.327 e. The van der Waals surface area contributed by atoms with E-state index in [1.165, 1.54) is 103 Å². The molecule has 2 fully saturated rings. The molecule has 0 spiro atoms. The predicted octanol–water partition coefficient (Wildman–Crippen LogP) is 5.14. The fourth-order valence-electron chi connectivity index (χ4n) is 4.71. The van der Waals surface area contributed by atoms with Crippen LogP contribution in [0.5, 0.6) is 0 Å². The number of rotatable bonds is 11. The molecule has 2 saturated carbocycles. The summed E-state index contributed by atoms with van der Waals surface area (Å²) in [5.74, 6) is 1.69. The van der Waals surface area contributed by atoms with Crippen molar-refractivity contribution in [2.75, 3.05) is 0 Å². The average molecular weight is 309 g/mol. The maximum atomic E-state index is 6.32. The van der Waals surface area contributed by atoms with Gasteiger partial charge in [-0.2, -0.15) is 0 Å². The number of hydrogen-bond donors (Lipinski definition) is 2. The normalized spacial score (nSPS) is 23.2. The summed E-state index contributed by atoms with van der Waals surface area (Å²) in [6, 6.07) is 0.985. The highest BCUT2D eigenvalue weighted by Gasteiger charge is 2.22. The Kier molecular flexibility index (Phi) is 8.84. The van der Waals surface area contributed by atoms with Crippen LogP contribution in [0, 0.1) is 11.8 Å². The minimum absolute atomic E-state index is 0.493. The summed E-state index contributed by atoms with van der Waals surface area (Å²) in [5.41, 5.74) is 12.6. The molecule has 2 nitrogen and oxygen atoms in total. The molecule has 0 radical (unpaired) electrons. The zero-order valence-corrected chi connectivity index (χ0v) is 14.8. The summed E-state index contributed by atoms with van der Waals surface area (Å²) in [6.45, 7) is 0. The molecule has 0 aromatic carbocycles. The van der Waals surface area contributed by atoms with Crippen molar-refractivity contribution >= 4 is 0 Å². The highest BCUT2D eigenvalue weighted by molar-refractivity contribution is 4.78. The first kappa shape index (κ1) is 18.3. The number of unbranched alkanes of at least 4 members (excludes halogenated alkanes) is 5. The summed E-state index contributed by atoms with van der Waals surface area (Å²) in [6.07, 6.45) is 22.0. The Morgan fingerprint density at radius 1 is 0.545 bits per heavy atom. The van der Waals surface area contributed by atoms with Crippen molar-refractivity contribution in [3.05, 3.63) is 0 Å². The first-order valence-corrected chi connectivity index (χ1v) is 10.3. The quantitative estimate of drug-likeness (QED) is 0.519. The van der Waals surface area contributed by atoms with Crippen LogP contribution in [0.3, 0.4) is 0 Å². The smallest absolute Gasteiger partial charge is 0.00671 e. The van der Waals surface area contributed by atoms with Gasteiger partial charge in [-0.3, -0.25) is 0 Å². The molecule has 2 heteroatoms. The fraction of sp³-hybridized carbons (Fsp3) is 1.00. The highest BCUT2D eigenvalue weighted by Crippen LogP contribution is 2.29. The minimum atomic E-state index is 0.493. The van der Waals surface area contributed by atoms with Crippen LogP contribution in [-0.2, 0) is 0 Å². The zero-order chi connectivity index (χ0) is 15.6. The Morgan fingerprint density at radius 3 is 1.23 bits per heavy atom. The molecule has 2 rings (SSSR count). The molecule has 0 heterocycles. The van der Waals surface area contributed by atoms with Gasteiger partial charge in [-0.05, 0) is 50.4 Å². The third kappa shape index (κ3) is 6.58. The van der Waals surface area contributed by atoms with Gasteiger partial charge in [0.1, 0.15) is 0 Å². The van der Waals surface area contributed by atoms with Crippen molar-refractivity contribution < 1.29 is 0 Å². The molecule has 2 aliphatic carbocycles. The SMILES string of the molecule is NC(CCCCCCCCC(N)C1CCCC1)C1CCCC1. The van der Waals surface area contributed by atoms with E-state index in [4.69, 9.17) is 11.5 Å². The van der Waals surface area contributed by atoms with Gasteiger partial charge in [-0.1, -0.05) is 64.2 Å². The largest absolute Gasteiger partial charge is 0.327 e. The van der Waals surface area contributed by atoms with E-state index in [0.29, 0.717) is 12.1 Å². The van der Waals surface area contributed by atoms with Crippen LogP contribution in [0.25, 0.3) is 0 Å². The molecule has 130 valence electrons. The molecular formula is C20H40N2. The molecule has 0 aliphatic heterocycles. The van der Waals surface area contributed by atoms with E-state index >= 15 is 0 Å². The Morgan fingerprint density at radius 2 is 0.864 bits per heavy atom. The molecule has 0 amide bonds. The Bertz CT molecular complexity index is 239. The molecule has 4 N–H and O–H groups in total. The maximum absolute atomic E-state index is 6.32. The Balaban J connectivity index is 1.36. The van der Waals surface area contributed by atoms with Crippen LogP contribution in [0.4, 0.5) is 0 Å². The lowest BCUT2D eigenvalue weighted by Gasteiger charge is -2.19. The molecule has 2 aliphatic rings. The summed E-state index contributed by atoms with van der Waals surface area (Å²) in [4.78, 5) is 0. The van der Waals surface area contributed by atoms with Gasteiger partial charge in [0.2, 0.25) is 0 Å².